The molecule has 0 saturated heterocycles. The molecule has 0 atom stereocenters. The first-order valence-electron chi connectivity index (χ1n) is 11.3. The van der Waals surface area contributed by atoms with Gasteiger partial charge in [0.1, 0.15) is 5.78 Å². The highest BCUT2D eigenvalue weighted by molar-refractivity contribution is 5.78. The summed E-state index contributed by atoms with van der Waals surface area (Å²) in [7, 11) is 0. The minimum atomic E-state index is 0.468. The highest BCUT2D eigenvalue weighted by atomic mass is 16.1. The van der Waals surface area contributed by atoms with Crippen LogP contribution in [0.5, 0.6) is 0 Å². The van der Waals surface area contributed by atoms with Crippen LogP contribution in [0.2, 0.25) is 0 Å². The number of carbonyl (C=O) groups is 1. The summed E-state index contributed by atoms with van der Waals surface area (Å²) < 4.78 is 0. The third-order valence-electron chi connectivity index (χ3n) is 7.57. The normalized spacial score (nSPS) is 31.3. The Balaban J connectivity index is 1.56. The van der Waals surface area contributed by atoms with E-state index < -0.39 is 0 Å². The molecule has 0 unspecified atom stereocenters. The summed E-state index contributed by atoms with van der Waals surface area (Å²) in [4.78, 5) is 12.3. The molecule has 1 nitrogen and oxygen atoms in total. The molecule has 25 heavy (non-hydrogen) atoms. The molecule has 2 fully saturated rings. The lowest BCUT2D eigenvalue weighted by atomic mass is 9.69. The van der Waals surface area contributed by atoms with Crippen molar-refractivity contribution >= 4 is 5.78 Å². The molecule has 1 heteroatoms. The molecule has 0 aromatic heterocycles. The highest BCUT2D eigenvalue weighted by Crippen LogP contribution is 2.41. The number of rotatable bonds is 7. The topological polar surface area (TPSA) is 17.1 Å². The Kier molecular flexibility index (Phi) is 8.02. The summed E-state index contributed by atoms with van der Waals surface area (Å²) in [5, 5.41) is 0. The van der Waals surface area contributed by atoms with Crippen molar-refractivity contribution in [2.45, 2.75) is 112 Å². The van der Waals surface area contributed by atoms with Gasteiger partial charge in [-0.15, -0.1) is 0 Å². The summed E-state index contributed by atoms with van der Waals surface area (Å²) in [5.41, 5.74) is 0.468. The molecule has 2 aliphatic carbocycles. The van der Waals surface area contributed by atoms with E-state index in [1.807, 2.05) is 0 Å². The first-order valence-corrected chi connectivity index (χ1v) is 11.3. The molecule has 146 valence electrons. The molecule has 0 aromatic carbocycles. The standard InChI is InChI=1S/C24H44O/c1-18(2)21-12-6-19(7-13-21)10-16-23(25)17-11-20-8-14-22(15-9-20)24(3,4)5/h18-22H,6-17H2,1-5H3. The van der Waals surface area contributed by atoms with E-state index in [4.69, 9.17) is 0 Å². The highest BCUT2D eigenvalue weighted by Gasteiger charge is 2.29. The van der Waals surface area contributed by atoms with Crippen LogP contribution < -0.4 is 0 Å². The average Bonchev–Trinajstić information content (AvgIpc) is 2.58. The molecule has 2 saturated carbocycles. The van der Waals surface area contributed by atoms with Crippen LogP contribution in [0.15, 0.2) is 0 Å². The second-order valence-corrected chi connectivity index (χ2v) is 10.7. The Bertz CT molecular complexity index is 387. The largest absolute Gasteiger partial charge is 0.300 e. The fraction of sp³-hybridized carbons (Fsp3) is 0.958. The maximum atomic E-state index is 12.3. The Morgan fingerprint density at radius 3 is 1.64 bits per heavy atom. The van der Waals surface area contributed by atoms with E-state index in [1.165, 1.54) is 57.8 Å². The van der Waals surface area contributed by atoms with Crippen molar-refractivity contribution in [2.75, 3.05) is 0 Å². The number of ketones is 1. The molecule has 0 radical (unpaired) electrons. The van der Waals surface area contributed by atoms with Gasteiger partial charge in [-0.1, -0.05) is 60.3 Å². The quantitative estimate of drug-likeness (QED) is 0.467. The van der Waals surface area contributed by atoms with Crippen molar-refractivity contribution in [3.63, 3.8) is 0 Å². The average molecular weight is 349 g/mol. The minimum absolute atomic E-state index is 0.468. The Morgan fingerprint density at radius 1 is 0.800 bits per heavy atom. The molecule has 0 amide bonds. The van der Waals surface area contributed by atoms with Gasteiger partial charge in [-0.05, 0) is 73.5 Å². The Morgan fingerprint density at radius 2 is 1.24 bits per heavy atom. The van der Waals surface area contributed by atoms with Gasteiger partial charge in [-0.25, -0.2) is 0 Å². The molecular weight excluding hydrogens is 304 g/mol. The van der Waals surface area contributed by atoms with Crippen molar-refractivity contribution in [3.8, 4) is 0 Å². The maximum absolute atomic E-state index is 12.3. The molecule has 0 bridgehead atoms. The van der Waals surface area contributed by atoms with Crippen LogP contribution in [0.4, 0.5) is 0 Å². The number of hydrogen-bond donors (Lipinski definition) is 0. The monoisotopic (exact) mass is 348 g/mol. The van der Waals surface area contributed by atoms with Gasteiger partial charge in [-0.2, -0.15) is 0 Å². The zero-order valence-corrected chi connectivity index (χ0v) is 17.8. The second kappa shape index (κ2) is 9.56. The van der Waals surface area contributed by atoms with Gasteiger partial charge in [0.05, 0.1) is 0 Å². The van der Waals surface area contributed by atoms with Gasteiger partial charge in [-0.3, -0.25) is 4.79 Å². The van der Waals surface area contributed by atoms with Gasteiger partial charge in [0, 0.05) is 12.8 Å². The Labute approximate surface area is 157 Å². The summed E-state index contributed by atoms with van der Waals surface area (Å²) in [6, 6.07) is 0. The van der Waals surface area contributed by atoms with Gasteiger partial charge in [0.25, 0.3) is 0 Å². The molecule has 2 aliphatic rings. The molecule has 0 spiro atoms. The smallest absolute Gasteiger partial charge is 0.132 e. The molecule has 0 aliphatic heterocycles. The van der Waals surface area contributed by atoms with E-state index in [0.29, 0.717) is 11.2 Å². The number of carbonyl (C=O) groups excluding carboxylic acids is 1. The van der Waals surface area contributed by atoms with Crippen LogP contribution in [0.25, 0.3) is 0 Å². The van der Waals surface area contributed by atoms with Crippen LogP contribution in [0.1, 0.15) is 112 Å². The third-order valence-corrected chi connectivity index (χ3v) is 7.57. The molecule has 0 heterocycles. The van der Waals surface area contributed by atoms with E-state index in [0.717, 1.165) is 48.9 Å². The first kappa shape index (κ1) is 21.0. The van der Waals surface area contributed by atoms with E-state index >= 15 is 0 Å². The Hall–Kier alpha value is -0.330. The summed E-state index contributed by atoms with van der Waals surface area (Å²) in [6.07, 6.45) is 15.0. The van der Waals surface area contributed by atoms with E-state index in [2.05, 4.69) is 34.6 Å². The predicted molar refractivity (Wildman–Crippen MR) is 109 cm³/mol. The van der Waals surface area contributed by atoms with Gasteiger partial charge in [0.15, 0.2) is 0 Å². The van der Waals surface area contributed by atoms with Crippen molar-refractivity contribution in [2.24, 2.45) is 35.0 Å². The van der Waals surface area contributed by atoms with E-state index in [9.17, 15) is 4.79 Å². The van der Waals surface area contributed by atoms with Crippen molar-refractivity contribution < 1.29 is 4.79 Å². The van der Waals surface area contributed by atoms with Gasteiger partial charge < -0.3 is 0 Å². The lowest BCUT2D eigenvalue weighted by Gasteiger charge is -2.37. The third kappa shape index (κ3) is 7.06. The molecule has 0 aromatic rings. The van der Waals surface area contributed by atoms with Crippen molar-refractivity contribution in [1.29, 1.82) is 0 Å². The van der Waals surface area contributed by atoms with Crippen molar-refractivity contribution in [3.05, 3.63) is 0 Å². The zero-order chi connectivity index (χ0) is 18.4. The first-order chi connectivity index (χ1) is 11.8. The number of hydrogen-bond acceptors (Lipinski definition) is 1. The van der Waals surface area contributed by atoms with Gasteiger partial charge >= 0.3 is 0 Å². The lowest BCUT2D eigenvalue weighted by Crippen LogP contribution is -2.26. The lowest BCUT2D eigenvalue weighted by molar-refractivity contribution is -0.119. The van der Waals surface area contributed by atoms with Crippen LogP contribution >= 0.6 is 0 Å². The predicted octanol–water partition coefficient (Wildman–Crippen LogP) is 7.43. The van der Waals surface area contributed by atoms with Crippen LogP contribution in [-0.2, 0) is 4.79 Å². The maximum Gasteiger partial charge on any atom is 0.132 e. The second-order valence-electron chi connectivity index (χ2n) is 10.7. The zero-order valence-electron chi connectivity index (χ0n) is 17.8. The fourth-order valence-corrected chi connectivity index (χ4v) is 5.32. The van der Waals surface area contributed by atoms with Crippen LogP contribution in [-0.4, -0.2) is 5.78 Å². The van der Waals surface area contributed by atoms with Crippen LogP contribution in [0, 0.1) is 35.0 Å². The molecular formula is C24H44O. The van der Waals surface area contributed by atoms with E-state index in [1.54, 1.807) is 0 Å². The molecule has 0 N–H and O–H groups in total. The minimum Gasteiger partial charge on any atom is -0.300 e. The van der Waals surface area contributed by atoms with Crippen molar-refractivity contribution in [1.82, 2.24) is 0 Å². The molecule has 2 rings (SSSR count). The summed E-state index contributed by atoms with van der Waals surface area (Å²) in [6.45, 7) is 11.9. The van der Waals surface area contributed by atoms with Gasteiger partial charge in [0.2, 0.25) is 0 Å². The fourth-order valence-electron chi connectivity index (χ4n) is 5.32. The SMILES string of the molecule is CC(C)C1CCC(CCC(=O)CCC2CCC(C(C)(C)C)CC2)CC1. The number of Topliss-reactive ketones (excluding diaryl/α,β-unsaturated/α-hetero) is 1. The van der Waals surface area contributed by atoms with Crippen LogP contribution in [0.3, 0.4) is 0 Å². The summed E-state index contributed by atoms with van der Waals surface area (Å²) >= 11 is 0. The van der Waals surface area contributed by atoms with E-state index in [-0.39, 0.29) is 0 Å². The summed E-state index contributed by atoms with van der Waals surface area (Å²) in [5.74, 6) is 4.88.